The van der Waals surface area contributed by atoms with Crippen molar-refractivity contribution in [3.63, 3.8) is 0 Å². The van der Waals surface area contributed by atoms with E-state index in [1.807, 2.05) is 11.3 Å². The van der Waals surface area contributed by atoms with E-state index in [1.54, 1.807) is 0 Å². The largest absolute Gasteiger partial charge is 0.454 e. The fraction of sp³-hybridized carbons (Fsp3) is 0.254. The van der Waals surface area contributed by atoms with Crippen LogP contribution in [0.2, 0.25) is 0 Å². The number of fused-ring (bicyclic) bond motifs is 12. The summed E-state index contributed by atoms with van der Waals surface area (Å²) in [6.07, 6.45) is 0. The Morgan fingerprint density at radius 1 is 0.452 bits per heavy atom. The van der Waals surface area contributed by atoms with Gasteiger partial charge < -0.3 is 18.8 Å². The molecule has 5 heterocycles. The number of hydrogen-bond donors (Lipinski definition) is 0. The van der Waals surface area contributed by atoms with E-state index >= 15 is 0 Å². The van der Waals surface area contributed by atoms with Gasteiger partial charge in [0.2, 0.25) is 0 Å². The molecule has 2 aliphatic rings. The molecule has 6 heteroatoms. The molecule has 0 aliphatic carbocycles. The topological polar surface area (TPSA) is 24.6 Å². The molecule has 0 amide bonds. The Morgan fingerprint density at radius 3 is 1.71 bits per heavy atom. The van der Waals surface area contributed by atoms with Gasteiger partial charge in [-0.25, -0.2) is 0 Å². The minimum Gasteiger partial charge on any atom is -0.454 e. The molecule has 3 aromatic heterocycles. The highest BCUT2D eigenvalue weighted by atomic mass is 32.1. The van der Waals surface area contributed by atoms with Crippen LogP contribution < -0.4 is 26.2 Å². The van der Waals surface area contributed by atoms with Crippen molar-refractivity contribution in [1.29, 1.82) is 0 Å². The minimum atomic E-state index is -0.107. The number of furan rings is 1. The molecule has 2 aliphatic heterocycles. The maximum atomic E-state index is 6.97. The van der Waals surface area contributed by atoms with E-state index < -0.39 is 0 Å². The third kappa shape index (κ3) is 6.99. The summed E-state index contributed by atoms with van der Waals surface area (Å²) in [5.41, 5.74) is 22.9. The molecule has 362 valence electrons. The fourth-order valence-electron chi connectivity index (χ4n) is 12.0. The van der Waals surface area contributed by atoms with Crippen molar-refractivity contribution in [2.75, 3.05) is 9.80 Å². The Hall–Kier alpha value is -7.02. The van der Waals surface area contributed by atoms with E-state index in [4.69, 9.17) is 4.42 Å². The predicted octanol–water partition coefficient (Wildman–Crippen LogP) is 17.5. The average molecular weight is 970 g/mol. The summed E-state index contributed by atoms with van der Waals surface area (Å²) >= 11 is 1.93. The summed E-state index contributed by atoms with van der Waals surface area (Å²) in [7, 11) is 0. The Balaban J connectivity index is 1.14. The maximum Gasteiger partial charge on any atom is 0.252 e. The van der Waals surface area contributed by atoms with E-state index in [0.717, 1.165) is 39.1 Å². The van der Waals surface area contributed by atoms with Crippen LogP contribution in [0.4, 0.5) is 34.1 Å². The predicted molar refractivity (Wildman–Crippen MR) is 317 cm³/mol. The average Bonchev–Trinajstić information content (AvgIpc) is 4.02. The molecular weight excluding hydrogens is 906 g/mol. The molecule has 0 saturated carbocycles. The van der Waals surface area contributed by atoms with Gasteiger partial charge in [-0.1, -0.05) is 156 Å². The second-order valence-electron chi connectivity index (χ2n) is 25.2. The first-order valence-corrected chi connectivity index (χ1v) is 27.0. The minimum absolute atomic E-state index is 0.0293. The third-order valence-corrected chi connectivity index (χ3v) is 17.2. The molecule has 0 saturated heterocycles. The fourth-order valence-corrected chi connectivity index (χ4v) is 13.3. The van der Waals surface area contributed by atoms with Crippen molar-refractivity contribution >= 4 is 122 Å². The van der Waals surface area contributed by atoms with E-state index in [1.165, 1.54) is 98.0 Å². The molecule has 0 radical (unpaired) electrons. The summed E-state index contributed by atoms with van der Waals surface area (Å²) in [6.45, 7) is 30.0. The van der Waals surface area contributed by atoms with Crippen LogP contribution in [0.25, 0.3) is 58.8 Å². The van der Waals surface area contributed by atoms with Gasteiger partial charge in [0.05, 0.1) is 15.9 Å². The van der Waals surface area contributed by atoms with Crippen molar-refractivity contribution in [2.24, 2.45) is 0 Å². The first-order valence-electron chi connectivity index (χ1n) is 26.2. The van der Waals surface area contributed by atoms with Gasteiger partial charge in [0, 0.05) is 60.4 Å². The number of hydrogen-bond acceptors (Lipinski definition) is 4. The molecule has 8 aromatic carbocycles. The molecular formula is C67H64BN3OS. The number of nitrogens with zero attached hydrogens (tertiary/aromatic N) is 3. The van der Waals surface area contributed by atoms with Crippen molar-refractivity contribution in [1.82, 2.24) is 4.57 Å². The van der Waals surface area contributed by atoms with Gasteiger partial charge in [0.1, 0.15) is 11.1 Å². The van der Waals surface area contributed by atoms with Crippen LogP contribution in [-0.4, -0.2) is 11.3 Å². The van der Waals surface area contributed by atoms with Crippen LogP contribution in [0.5, 0.6) is 0 Å². The SMILES string of the molecule is Cc1cc2c3c(c1)-n1c4c(cc(C(C)(C)C)cc4c4oc5ccccc5c41)B3c1ccc(N(c3ccc(C(C)(C)C)cc3)c3ccc(C(C)(C)C)cc3)cc1N2c1cccc2c1sc1cc(C(C)(C)C)ccc12. The number of aryl methyl sites for hydroxylation is 1. The standard InChI is InChI=1S/C67H64BN3OS/c1-39-33-55-59-56(34-39)71-60-50(62-61(71)49-17-14-15-20-57(49)72-62)35-43(67(11,12)13)36-52(60)68(59)51-32-30-46(69(44-26-21-40(22-27-44)64(2,3)4)45-28-23-41(24-29-45)65(5,6)7)38-54(51)70(55)53-19-16-18-48-47-31-25-42(66(8,9)10)37-58(47)73-63(48)53/h14-38H,1-13H3. The Kier molecular flexibility index (Phi) is 9.73. The zero-order valence-corrected chi connectivity index (χ0v) is 45.5. The molecule has 13 rings (SSSR count). The van der Waals surface area contributed by atoms with Crippen molar-refractivity contribution in [3.05, 3.63) is 179 Å². The highest BCUT2D eigenvalue weighted by Gasteiger charge is 2.44. The lowest BCUT2D eigenvalue weighted by Crippen LogP contribution is -2.60. The number of anilines is 6. The van der Waals surface area contributed by atoms with Gasteiger partial charge >= 0.3 is 0 Å². The Labute approximate surface area is 435 Å². The quantitative estimate of drug-likeness (QED) is 0.164. The van der Waals surface area contributed by atoms with Gasteiger partial charge in [-0.3, -0.25) is 0 Å². The maximum absolute atomic E-state index is 6.97. The van der Waals surface area contributed by atoms with Crippen LogP contribution in [0, 0.1) is 6.92 Å². The van der Waals surface area contributed by atoms with E-state index in [-0.39, 0.29) is 28.4 Å². The number of benzene rings is 8. The summed E-state index contributed by atoms with van der Waals surface area (Å²) < 4.78 is 12.1. The zero-order chi connectivity index (χ0) is 50.8. The van der Waals surface area contributed by atoms with Crippen LogP contribution in [-0.2, 0) is 21.7 Å². The van der Waals surface area contributed by atoms with E-state index in [9.17, 15) is 0 Å². The third-order valence-electron chi connectivity index (χ3n) is 16.0. The number of thiophene rings is 1. The second kappa shape index (κ2) is 15.5. The molecule has 4 nitrogen and oxygen atoms in total. The lowest BCUT2D eigenvalue weighted by molar-refractivity contribution is 0.590. The highest BCUT2D eigenvalue weighted by molar-refractivity contribution is 7.26. The number of aromatic nitrogens is 1. The zero-order valence-electron chi connectivity index (χ0n) is 44.7. The second-order valence-corrected chi connectivity index (χ2v) is 26.2. The molecule has 11 aromatic rings. The molecule has 0 N–H and O–H groups in total. The molecule has 0 fully saturated rings. The van der Waals surface area contributed by atoms with Gasteiger partial charge in [0.15, 0.2) is 5.58 Å². The van der Waals surface area contributed by atoms with Crippen LogP contribution in [0.15, 0.2) is 156 Å². The van der Waals surface area contributed by atoms with Crippen molar-refractivity contribution in [3.8, 4) is 5.69 Å². The summed E-state index contributed by atoms with van der Waals surface area (Å²) in [5.74, 6) is 0. The molecule has 0 unspecified atom stereocenters. The molecule has 0 atom stereocenters. The lowest BCUT2D eigenvalue weighted by atomic mass is 9.33. The van der Waals surface area contributed by atoms with E-state index in [2.05, 4.69) is 256 Å². The lowest BCUT2D eigenvalue weighted by Gasteiger charge is -2.41. The normalized spacial score (nSPS) is 13.8. The molecule has 0 bridgehead atoms. The van der Waals surface area contributed by atoms with Crippen LogP contribution in [0.1, 0.15) is 111 Å². The first-order chi connectivity index (χ1) is 34.6. The van der Waals surface area contributed by atoms with Gasteiger partial charge in [0.25, 0.3) is 6.71 Å². The van der Waals surface area contributed by atoms with Crippen molar-refractivity contribution in [2.45, 2.75) is 112 Å². The van der Waals surface area contributed by atoms with Crippen molar-refractivity contribution < 1.29 is 4.42 Å². The van der Waals surface area contributed by atoms with Crippen LogP contribution >= 0.6 is 11.3 Å². The first kappa shape index (κ1) is 45.8. The monoisotopic (exact) mass is 969 g/mol. The molecule has 0 spiro atoms. The van der Waals surface area contributed by atoms with Crippen LogP contribution in [0.3, 0.4) is 0 Å². The Bertz CT molecular complexity index is 4030. The number of rotatable bonds is 4. The van der Waals surface area contributed by atoms with E-state index in [0.29, 0.717) is 0 Å². The number of para-hydroxylation sites is 1. The Morgan fingerprint density at radius 2 is 1.05 bits per heavy atom. The van der Waals surface area contributed by atoms with Gasteiger partial charge in [-0.2, -0.15) is 0 Å². The summed E-state index contributed by atoms with van der Waals surface area (Å²) in [6, 6.07) is 58.4. The van der Waals surface area contributed by atoms with Gasteiger partial charge in [-0.15, -0.1) is 11.3 Å². The molecule has 73 heavy (non-hydrogen) atoms. The summed E-state index contributed by atoms with van der Waals surface area (Å²) in [5, 5.41) is 4.91. The van der Waals surface area contributed by atoms with Gasteiger partial charge in [-0.05, 0) is 152 Å². The smallest absolute Gasteiger partial charge is 0.252 e. The summed E-state index contributed by atoms with van der Waals surface area (Å²) in [4.78, 5) is 5.10. The highest BCUT2D eigenvalue weighted by Crippen LogP contribution is 2.50.